The Morgan fingerprint density at radius 2 is 2.00 bits per heavy atom. The highest BCUT2D eigenvalue weighted by Gasteiger charge is 2.10. The molecule has 6 nitrogen and oxygen atoms in total. The average Bonchev–Trinajstić information content (AvgIpc) is 2.87. The van der Waals surface area contributed by atoms with Gasteiger partial charge in [-0.3, -0.25) is 0 Å². The number of aromatic nitrogens is 4. The molecule has 1 N–H and O–H groups in total. The zero-order valence-electron chi connectivity index (χ0n) is 9.20. The van der Waals surface area contributed by atoms with Crippen molar-refractivity contribution in [1.29, 1.82) is 0 Å². The highest BCUT2D eigenvalue weighted by molar-refractivity contribution is 5.90. The van der Waals surface area contributed by atoms with E-state index in [9.17, 15) is 4.79 Å². The van der Waals surface area contributed by atoms with Gasteiger partial charge in [-0.25, -0.2) is 14.8 Å². The largest absolute Gasteiger partial charge is 0.387 e. The molecule has 18 heavy (non-hydrogen) atoms. The van der Waals surface area contributed by atoms with E-state index in [0.29, 0.717) is 16.7 Å². The maximum Gasteiger partial charge on any atom is 0.345 e. The molecule has 0 saturated carbocycles. The number of imidazole rings is 1. The van der Waals surface area contributed by atoms with Crippen LogP contribution >= 0.6 is 0 Å². The molecule has 6 heteroatoms. The second-order valence-corrected chi connectivity index (χ2v) is 3.55. The minimum absolute atomic E-state index is 0.0107. The molecule has 0 unspecified atom stereocenters. The number of carbonyl (C=O) groups is 1. The van der Waals surface area contributed by atoms with Gasteiger partial charge in [0.25, 0.3) is 0 Å². The van der Waals surface area contributed by atoms with E-state index < -0.39 is 5.97 Å². The Morgan fingerprint density at radius 3 is 2.83 bits per heavy atom. The lowest BCUT2D eigenvalue weighted by molar-refractivity contribution is 0.0720. The van der Waals surface area contributed by atoms with Gasteiger partial charge in [-0.2, -0.15) is 4.98 Å². The van der Waals surface area contributed by atoms with E-state index >= 15 is 0 Å². The van der Waals surface area contributed by atoms with Crippen molar-refractivity contribution in [2.75, 3.05) is 0 Å². The number of nitrogens with one attached hydrogen (secondary N) is 1. The van der Waals surface area contributed by atoms with Crippen LogP contribution in [0.2, 0.25) is 0 Å². The summed E-state index contributed by atoms with van der Waals surface area (Å²) in [6.45, 7) is 0. The van der Waals surface area contributed by atoms with Crippen LogP contribution in [-0.4, -0.2) is 25.9 Å². The van der Waals surface area contributed by atoms with Gasteiger partial charge in [-0.15, -0.1) is 0 Å². The number of fused-ring (bicyclic) bond motifs is 1. The summed E-state index contributed by atoms with van der Waals surface area (Å²) in [5, 5.41) is 0. The number of carbonyl (C=O) groups excluding carboxylic acids is 1. The van der Waals surface area contributed by atoms with Crippen molar-refractivity contribution < 1.29 is 9.53 Å². The fourth-order valence-electron chi connectivity index (χ4n) is 1.49. The molecule has 0 aliphatic heterocycles. The predicted octanol–water partition coefficient (Wildman–Crippen LogP) is 1.57. The van der Waals surface area contributed by atoms with Crippen molar-refractivity contribution in [1.82, 2.24) is 19.9 Å². The molecule has 0 aliphatic carbocycles. The number of H-pyrrole nitrogens is 1. The molecule has 0 spiro atoms. The number of ether oxygens (including phenoxy) is 1. The Labute approximate surface area is 102 Å². The fraction of sp³-hybridized carbons (Fsp3) is 0. The summed E-state index contributed by atoms with van der Waals surface area (Å²) in [6, 6.07) is 8.65. The summed E-state index contributed by atoms with van der Waals surface area (Å²) in [7, 11) is 0. The molecular formula is C12H8N4O2. The quantitative estimate of drug-likeness (QED) is 0.687. The van der Waals surface area contributed by atoms with Gasteiger partial charge in [0.15, 0.2) is 5.65 Å². The lowest BCUT2D eigenvalue weighted by Crippen LogP contribution is -2.10. The first-order valence-corrected chi connectivity index (χ1v) is 5.26. The van der Waals surface area contributed by atoms with Crippen LogP contribution in [0.1, 0.15) is 10.4 Å². The Morgan fingerprint density at radius 1 is 1.17 bits per heavy atom. The van der Waals surface area contributed by atoms with Gasteiger partial charge in [0.1, 0.15) is 5.52 Å². The maximum absolute atomic E-state index is 11.8. The molecule has 0 fully saturated rings. The van der Waals surface area contributed by atoms with Crippen molar-refractivity contribution in [3.8, 4) is 6.01 Å². The molecule has 2 aromatic heterocycles. The third-order valence-electron chi connectivity index (χ3n) is 2.35. The summed E-state index contributed by atoms with van der Waals surface area (Å²) in [6.07, 6.45) is 3.02. The van der Waals surface area contributed by atoms with E-state index in [1.54, 1.807) is 24.3 Å². The molecule has 0 bridgehead atoms. The molecule has 1 aromatic carbocycles. The molecule has 3 rings (SSSR count). The second-order valence-electron chi connectivity index (χ2n) is 3.55. The third kappa shape index (κ3) is 1.91. The molecule has 0 aliphatic rings. The van der Waals surface area contributed by atoms with Crippen LogP contribution in [0.3, 0.4) is 0 Å². The number of nitrogens with zero attached hydrogens (tertiary/aromatic N) is 3. The summed E-state index contributed by atoms with van der Waals surface area (Å²) >= 11 is 0. The van der Waals surface area contributed by atoms with E-state index in [4.69, 9.17) is 4.74 Å². The monoisotopic (exact) mass is 240 g/mol. The van der Waals surface area contributed by atoms with Crippen LogP contribution in [0.25, 0.3) is 11.2 Å². The lowest BCUT2D eigenvalue weighted by atomic mass is 10.2. The van der Waals surface area contributed by atoms with Gasteiger partial charge >= 0.3 is 12.0 Å². The van der Waals surface area contributed by atoms with E-state index in [1.807, 2.05) is 6.07 Å². The van der Waals surface area contributed by atoms with Crippen LogP contribution in [0.15, 0.2) is 42.9 Å². The zero-order chi connectivity index (χ0) is 12.4. The van der Waals surface area contributed by atoms with Crippen LogP contribution in [0.5, 0.6) is 6.01 Å². The van der Waals surface area contributed by atoms with Gasteiger partial charge in [0.2, 0.25) is 0 Å². The van der Waals surface area contributed by atoms with E-state index in [2.05, 4.69) is 19.9 Å². The number of rotatable bonds is 2. The van der Waals surface area contributed by atoms with Crippen molar-refractivity contribution >= 4 is 17.1 Å². The molecule has 88 valence electrons. The maximum atomic E-state index is 11.8. The number of hydrogen-bond donors (Lipinski definition) is 1. The van der Waals surface area contributed by atoms with Crippen LogP contribution in [0.4, 0.5) is 0 Å². The fourth-order valence-corrected chi connectivity index (χ4v) is 1.49. The topological polar surface area (TPSA) is 80.8 Å². The number of benzene rings is 1. The first-order chi connectivity index (χ1) is 8.83. The molecule has 0 radical (unpaired) electrons. The second kappa shape index (κ2) is 4.25. The highest BCUT2D eigenvalue weighted by Crippen LogP contribution is 2.10. The van der Waals surface area contributed by atoms with Gasteiger partial charge in [-0.05, 0) is 12.1 Å². The summed E-state index contributed by atoms with van der Waals surface area (Å²) in [5.74, 6) is -0.495. The molecule has 0 saturated heterocycles. The van der Waals surface area contributed by atoms with Gasteiger partial charge < -0.3 is 9.72 Å². The average molecular weight is 240 g/mol. The Bertz CT molecular complexity index is 693. The van der Waals surface area contributed by atoms with E-state index in [1.165, 1.54) is 12.5 Å². The van der Waals surface area contributed by atoms with Crippen molar-refractivity contribution in [2.24, 2.45) is 0 Å². The smallest absolute Gasteiger partial charge is 0.345 e. The zero-order valence-corrected chi connectivity index (χ0v) is 9.20. The molecule has 2 heterocycles. The minimum Gasteiger partial charge on any atom is -0.387 e. The number of aromatic amines is 1. The summed E-state index contributed by atoms with van der Waals surface area (Å²) in [5.41, 5.74) is 1.60. The summed E-state index contributed by atoms with van der Waals surface area (Å²) in [4.78, 5) is 26.5. The molecule has 0 atom stereocenters. The van der Waals surface area contributed by atoms with Crippen LogP contribution < -0.4 is 4.74 Å². The summed E-state index contributed by atoms with van der Waals surface area (Å²) < 4.78 is 5.06. The van der Waals surface area contributed by atoms with Crippen LogP contribution in [-0.2, 0) is 0 Å². The van der Waals surface area contributed by atoms with Gasteiger partial charge in [0, 0.05) is 0 Å². The third-order valence-corrected chi connectivity index (χ3v) is 2.35. The first kappa shape index (κ1) is 10.4. The standard InChI is InChI=1S/C12H8N4O2/c17-11(8-4-2-1-3-5-8)18-12-13-6-9-10(16-12)15-7-14-9/h1-7H,(H,13,14,15,16). The Kier molecular flexibility index (Phi) is 2.45. The molecule has 3 aromatic rings. The molecular weight excluding hydrogens is 232 g/mol. The first-order valence-electron chi connectivity index (χ1n) is 5.26. The Balaban J connectivity index is 1.86. The van der Waals surface area contributed by atoms with Crippen molar-refractivity contribution in [3.05, 3.63) is 48.4 Å². The number of esters is 1. The van der Waals surface area contributed by atoms with Crippen molar-refractivity contribution in [2.45, 2.75) is 0 Å². The predicted molar refractivity (Wildman–Crippen MR) is 63.1 cm³/mol. The van der Waals surface area contributed by atoms with Crippen molar-refractivity contribution in [3.63, 3.8) is 0 Å². The Hall–Kier alpha value is -2.76. The van der Waals surface area contributed by atoms with Gasteiger partial charge in [0.05, 0.1) is 18.1 Å². The number of hydrogen-bond acceptors (Lipinski definition) is 5. The normalized spacial score (nSPS) is 10.4. The van der Waals surface area contributed by atoms with E-state index in [0.717, 1.165) is 0 Å². The van der Waals surface area contributed by atoms with Gasteiger partial charge in [-0.1, -0.05) is 18.2 Å². The SMILES string of the molecule is O=C(Oc1ncc2[nH]cnc2n1)c1ccccc1. The lowest BCUT2D eigenvalue weighted by Gasteiger charge is -2.01. The highest BCUT2D eigenvalue weighted by atomic mass is 16.5. The minimum atomic E-state index is -0.495. The van der Waals surface area contributed by atoms with Crippen LogP contribution in [0, 0.1) is 0 Å². The molecule has 0 amide bonds. The van der Waals surface area contributed by atoms with E-state index in [-0.39, 0.29) is 6.01 Å².